The fraction of sp³-hybridized carbons (Fsp3) is 0.278. The van der Waals surface area contributed by atoms with Gasteiger partial charge in [0.2, 0.25) is 0 Å². The zero-order chi connectivity index (χ0) is 15.2. The lowest BCUT2D eigenvalue weighted by atomic mass is 9.88. The lowest BCUT2D eigenvalue weighted by molar-refractivity contribution is 0.0949. The SMILES string of the molecule is CC(C)C(CNC(=O)c1cccc(N)c1)c1ccccc1.Cl. The molecule has 0 aliphatic carbocycles. The van der Waals surface area contributed by atoms with Crippen LogP contribution in [0, 0.1) is 5.92 Å². The fourth-order valence-corrected chi connectivity index (χ4v) is 2.42. The summed E-state index contributed by atoms with van der Waals surface area (Å²) in [5.41, 5.74) is 8.17. The second-order valence-corrected chi connectivity index (χ2v) is 5.60. The molecule has 1 unspecified atom stereocenters. The van der Waals surface area contributed by atoms with E-state index in [2.05, 4.69) is 31.3 Å². The minimum absolute atomic E-state index is 0. The number of benzene rings is 2. The molecule has 0 saturated carbocycles. The Morgan fingerprint density at radius 1 is 1.09 bits per heavy atom. The number of hydrogen-bond acceptors (Lipinski definition) is 2. The molecule has 0 bridgehead atoms. The first-order valence-electron chi connectivity index (χ1n) is 7.26. The Kier molecular flexibility index (Phi) is 6.93. The van der Waals surface area contributed by atoms with E-state index in [9.17, 15) is 4.79 Å². The maximum absolute atomic E-state index is 12.2. The van der Waals surface area contributed by atoms with Crippen LogP contribution in [0.4, 0.5) is 5.69 Å². The summed E-state index contributed by atoms with van der Waals surface area (Å²) in [6, 6.07) is 17.3. The first kappa shape index (κ1) is 18.1. The highest BCUT2D eigenvalue weighted by Crippen LogP contribution is 2.23. The molecule has 118 valence electrons. The third-order valence-electron chi connectivity index (χ3n) is 3.66. The molecule has 22 heavy (non-hydrogen) atoms. The molecule has 0 radical (unpaired) electrons. The molecule has 2 rings (SSSR count). The molecule has 0 aliphatic heterocycles. The number of anilines is 1. The number of amides is 1. The lowest BCUT2D eigenvalue weighted by Crippen LogP contribution is -2.30. The fourth-order valence-electron chi connectivity index (χ4n) is 2.42. The van der Waals surface area contributed by atoms with Gasteiger partial charge in [-0.05, 0) is 29.7 Å². The van der Waals surface area contributed by atoms with Crippen molar-refractivity contribution in [3.63, 3.8) is 0 Å². The van der Waals surface area contributed by atoms with Gasteiger partial charge in [-0.15, -0.1) is 12.4 Å². The number of hydrogen-bond donors (Lipinski definition) is 2. The highest BCUT2D eigenvalue weighted by Gasteiger charge is 2.17. The van der Waals surface area contributed by atoms with Crippen LogP contribution in [0.2, 0.25) is 0 Å². The summed E-state index contributed by atoms with van der Waals surface area (Å²) >= 11 is 0. The Balaban J connectivity index is 0.00000242. The Morgan fingerprint density at radius 2 is 1.77 bits per heavy atom. The Bertz CT molecular complexity index is 599. The molecule has 0 saturated heterocycles. The number of carbonyl (C=O) groups excluding carboxylic acids is 1. The Morgan fingerprint density at radius 3 is 2.36 bits per heavy atom. The molecule has 4 heteroatoms. The molecule has 0 spiro atoms. The van der Waals surface area contributed by atoms with Gasteiger partial charge in [-0.2, -0.15) is 0 Å². The number of nitrogens with two attached hydrogens (primary N) is 1. The summed E-state index contributed by atoms with van der Waals surface area (Å²) in [5, 5.41) is 3.01. The normalized spacial score (nSPS) is 11.6. The van der Waals surface area contributed by atoms with Crippen LogP contribution in [0.15, 0.2) is 54.6 Å². The topological polar surface area (TPSA) is 55.1 Å². The molecule has 2 aromatic rings. The molecule has 2 aromatic carbocycles. The van der Waals surface area contributed by atoms with Crippen molar-refractivity contribution in [1.29, 1.82) is 0 Å². The molecule has 3 N–H and O–H groups in total. The van der Waals surface area contributed by atoms with Crippen LogP contribution >= 0.6 is 12.4 Å². The van der Waals surface area contributed by atoms with Gasteiger partial charge < -0.3 is 11.1 Å². The summed E-state index contributed by atoms with van der Waals surface area (Å²) in [6.07, 6.45) is 0. The second kappa shape index (κ2) is 8.44. The molecule has 0 heterocycles. The maximum atomic E-state index is 12.2. The Hall–Kier alpha value is -2.00. The van der Waals surface area contributed by atoms with E-state index in [1.54, 1.807) is 24.3 Å². The van der Waals surface area contributed by atoms with E-state index >= 15 is 0 Å². The molecule has 3 nitrogen and oxygen atoms in total. The maximum Gasteiger partial charge on any atom is 0.251 e. The monoisotopic (exact) mass is 318 g/mol. The first-order chi connectivity index (χ1) is 10.1. The van der Waals surface area contributed by atoms with Crippen molar-refractivity contribution >= 4 is 24.0 Å². The number of halogens is 1. The smallest absolute Gasteiger partial charge is 0.251 e. The molecule has 0 fully saturated rings. The van der Waals surface area contributed by atoms with Gasteiger partial charge in [-0.1, -0.05) is 50.2 Å². The van der Waals surface area contributed by atoms with Gasteiger partial charge in [-0.3, -0.25) is 4.79 Å². The number of rotatable bonds is 5. The van der Waals surface area contributed by atoms with Gasteiger partial charge in [0.15, 0.2) is 0 Å². The van der Waals surface area contributed by atoms with Crippen LogP contribution in [0.1, 0.15) is 35.7 Å². The van der Waals surface area contributed by atoms with Crippen molar-refractivity contribution in [2.45, 2.75) is 19.8 Å². The summed E-state index contributed by atoms with van der Waals surface area (Å²) in [7, 11) is 0. The van der Waals surface area contributed by atoms with Gasteiger partial charge in [0.25, 0.3) is 5.91 Å². The van der Waals surface area contributed by atoms with Crippen molar-refractivity contribution in [2.75, 3.05) is 12.3 Å². The third kappa shape index (κ3) is 4.78. The summed E-state index contributed by atoms with van der Waals surface area (Å²) in [4.78, 5) is 12.2. The van der Waals surface area contributed by atoms with E-state index in [-0.39, 0.29) is 18.3 Å². The largest absolute Gasteiger partial charge is 0.399 e. The molecule has 0 aliphatic rings. The van der Waals surface area contributed by atoms with Gasteiger partial charge in [0.05, 0.1) is 0 Å². The minimum atomic E-state index is -0.0797. The standard InChI is InChI=1S/C18H22N2O.ClH/c1-13(2)17(14-7-4-3-5-8-14)12-20-18(21)15-9-6-10-16(19)11-15;/h3-11,13,17H,12,19H2,1-2H3,(H,20,21);1H. The number of nitrogen functional groups attached to an aromatic ring is 1. The quantitative estimate of drug-likeness (QED) is 0.822. The predicted octanol–water partition coefficient (Wildman–Crippen LogP) is 3.86. The van der Waals surface area contributed by atoms with E-state index in [0.29, 0.717) is 29.6 Å². The number of carbonyl (C=O) groups is 1. The van der Waals surface area contributed by atoms with Crippen molar-refractivity contribution in [2.24, 2.45) is 5.92 Å². The highest BCUT2D eigenvalue weighted by molar-refractivity contribution is 5.95. The Labute approximate surface area is 138 Å². The van der Waals surface area contributed by atoms with Crippen LogP contribution in [-0.2, 0) is 0 Å². The van der Waals surface area contributed by atoms with Crippen LogP contribution in [0.3, 0.4) is 0 Å². The molecule has 1 amide bonds. The second-order valence-electron chi connectivity index (χ2n) is 5.60. The van der Waals surface area contributed by atoms with E-state index in [4.69, 9.17) is 5.73 Å². The van der Waals surface area contributed by atoms with E-state index in [1.807, 2.05) is 18.2 Å². The lowest BCUT2D eigenvalue weighted by Gasteiger charge is -2.22. The molecular weight excluding hydrogens is 296 g/mol. The average molecular weight is 319 g/mol. The van der Waals surface area contributed by atoms with Crippen molar-refractivity contribution in [3.05, 3.63) is 65.7 Å². The van der Waals surface area contributed by atoms with Gasteiger partial charge in [0, 0.05) is 23.7 Å². The van der Waals surface area contributed by atoms with Crippen LogP contribution in [0.25, 0.3) is 0 Å². The third-order valence-corrected chi connectivity index (χ3v) is 3.66. The van der Waals surface area contributed by atoms with Crippen LogP contribution in [0.5, 0.6) is 0 Å². The summed E-state index contributed by atoms with van der Waals surface area (Å²) < 4.78 is 0. The average Bonchev–Trinajstić information content (AvgIpc) is 2.48. The predicted molar refractivity (Wildman–Crippen MR) is 94.5 cm³/mol. The van der Waals surface area contributed by atoms with E-state index in [1.165, 1.54) is 5.56 Å². The van der Waals surface area contributed by atoms with E-state index in [0.717, 1.165) is 0 Å². The van der Waals surface area contributed by atoms with Crippen molar-refractivity contribution in [1.82, 2.24) is 5.32 Å². The number of nitrogens with one attached hydrogen (secondary N) is 1. The highest BCUT2D eigenvalue weighted by atomic mass is 35.5. The van der Waals surface area contributed by atoms with Crippen molar-refractivity contribution < 1.29 is 4.79 Å². The summed E-state index contributed by atoms with van der Waals surface area (Å²) in [6.45, 7) is 4.96. The van der Waals surface area contributed by atoms with Gasteiger partial charge >= 0.3 is 0 Å². The van der Waals surface area contributed by atoms with Crippen LogP contribution < -0.4 is 11.1 Å². The van der Waals surface area contributed by atoms with E-state index < -0.39 is 0 Å². The van der Waals surface area contributed by atoms with Gasteiger partial charge in [0.1, 0.15) is 0 Å². The molecule has 1 atom stereocenters. The van der Waals surface area contributed by atoms with Gasteiger partial charge in [-0.25, -0.2) is 0 Å². The van der Waals surface area contributed by atoms with Crippen molar-refractivity contribution in [3.8, 4) is 0 Å². The first-order valence-corrected chi connectivity index (χ1v) is 7.26. The summed E-state index contributed by atoms with van der Waals surface area (Å²) in [5.74, 6) is 0.675. The zero-order valence-electron chi connectivity index (χ0n) is 13.0. The molecular formula is C18H23ClN2O. The zero-order valence-corrected chi connectivity index (χ0v) is 13.8. The molecule has 0 aromatic heterocycles. The minimum Gasteiger partial charge on any atom is -0.399 e. The van der Waals surface area contributed by atoms with Crippen LogP contribution in [-0.4, -0.2) is 12.5 Å².